The van der Waals surface area contributed by atoms with Gasteiger partial charge in [0.25, 0.3) is 0 Å². The van der Waals surface area contributed by atoms with E-state index in [0.717, 1.165) is 24.3 Å². The molecule has 0 spiro atoms. The van der Waals surface area contributed by atoms with Gasteiger partial charge in [0.2, 0.25) is 11.7 Å². The molecule has 2 amide bonds. The lowest BCUT2D eigenvalue weighted by Gasteiger charge is -2.36. The number of aromatic nitrogens is 2. The topological polar surface area (TPSA) is 74.5 Å². The molecular weight excluding hydrogens is 342 g/mol. The Balaban J connectivity index is 1.33. The average Bonchev–Trinajstić information content (AvgIpc) is 3.16. The molecule has 0 radical (unpaired) electrons. The van der Waals surface area contributed by atoms with E-state index in [9.17, 15) is 4.79 Å². The number of anilines is 2. The van der Waals surface area contributed by atoms with Gasteiger partial charge < -0.3 is 19.6 Å². The number of benzene rings is 2. The van der Waals surface area contributed by atoms with Crippen molar-refractivity contribution in [3.63, 3.8) is 0 Å². The Morgan fingerprint density at radius 2 is 1.70 bits per heavy atom. The van der Waals surface area contributed by atoms with Crippen LogP contribution in [0.5, 0.6) is 0 Å². The van der Waals surface area contributed by atoms with Crippen molar-refractivity contribution in [1.29, 1.82) is 0 Å². The second kappa shape index (κ2) is 7.49. The molecule has 7 heteroatoms. The van der Waals surface area contributed by atoms with Gasteiger partial charge in [-0.1, -0.05) is 23.4 Å². The van der Waals surface area contributed by atoms with Gasteiger partial charge in [-0.05, 0) is 36.4 Å². The van der Waals surface area contributed by atoms with Crippen molar-refractivity contribution in [1.82, 2.24) is 15.0 Å². The maximum absolute atomic E-state index is 12.5. The van der Waals surface area contributed by atoms with Crippen LogP contribution < -0.4 is 10.2 Å². The minimum absolute atomic E-state index is 0.0779. The SMILES string of the molecule is Cc1nc(-c2ccc(NC(=O)N3CCN(c4ccccc4)CC3)cc2)no1. The zero-order valence-electron chi connectivity index (χ0n) is 15.1. The summed E-state index contributed by atoms with van der Waals surface area (Å²) >= 11 is 0. The molecule has 7 nitrogen and oxygen atoms in total. The molecule has 138 valence electrons. The first-order valence-corrected chi connectivity index (χ1v) is 8.96. The van der Waals surface area contributed by atoms with Gasteiger partial charge in [-0.15, -0.1) is 0 Å². The third-order valence-corrected chi connectivity index (χ3v) is 4.61. The second-order valence-corrected chi connectivity index (χ2v) is 6.45. The fourth-order valence-corrected chi connectivity index (χ4v) is 3.13. The predicted molar refractivity (Wildman–Crippen MR) is 104 cm³/mol. The van der Waals surface area contributed by atoms with E-state index in [1.165, 1.54) is 5.69 Å². The smallest absolute Gasteiger partial charge is 0.321 e. The van der Waals surface area contributed by atoms with Crippen LogP contribution in [0.3, 0.4) is 0 Å². The standard InChI is InChI=1S/C20H21N5O2/c1-15-21-19(23-27-15)16-7-9-17(10-8-16)22-20(26)25-13-11-24(12-14-25)18-5-3-2-4-6-18/h2-10H,11-14H2,1H3,(H,22,26). The molecule has 1 fully saturated rings. The number of amides is 2. The fraction of sp³-hybridized carbons (Fsp3) is 0.250. The van der Waals surface area contributed by atoms with Crippen molar-refractivity contribution in [3.05, 3.63) is 60.5 Å². The molecule has 0 aliphatic carbocycles. The summed E-state index contributed by atoms with van der Waals surface area (Å²) in [6.07, 6.45) is 0. The van der Waals surface area contributed by atoms with E-state index >= 15 is 0 Å². The van der Waals surface area contributed by atoms with E-state index in [0.29, 0.717) is 24.8 Å². The van der Waals surface area contributed by atoms with Crippen molar-refractivity contribution in [2.75, 3.05) is 36.4 Å². The molecule has 2 aromatic carbocycles. The van der Waals surface area contributed by atoms with Crippen LogP contribution in [0.1, 0.15) is 5.89 Å². The van der Waals surface area contributed by atoms with E-state index in [1.807, 2.05) is 47.4 Å². The number of para-hydroxylation sites is 1. The van der Waals surface area contributed by atoms with Crippen LogP contribution in [0.4, 0.5) is 16.2 Å². The maximum Gasteiger partial charge on any atom is 0.321 e. The van der Waals surface area contributed by atoms with E-state index in [-0.39, 0.29) is 6.03 Å². The van der Waals surface area contributed by atoms with Crippen molar-refractivity contribution in [2.45, 2.75) is 6.92 Å². The Bertz CT molecular complexity index is 900. The summed E-state index contributed by atoms with van der Waals surface area (Å²) in [6.45, 7) is 4.80. The van der Waals surface area contributed by atoms with Crippen molar-refractivity contribution in [2.24, 2.45) is 0 Å². The highest BCUT2D eigenvalue weighted by molar-refractivity contribution is 5.89. The zero-order chi connectivity index (χ0) is 18.6. The number of urea groups is 1. The number of hydrogen-bond acceptors (Lipinski definition) is 5. The van der Waals surface area contributed by atoms with Crippen LogP contribution in [0.2, 0.25) is 0 Å². The Hall–Kier alpha value is -3.35. The van der Waals surface area contributed by atoms with Gasteiger partial charge in [0, 0.05) is 50.0 Å². The van der Waals surface area contributed by atoms with Gasteiger partial charge >= 0.3 is 6.03 Å². The highest BCUT2D eigenvalue weighted by Gasteiger charge is 2.21. The summed E-state index contributed by atoms with van der Waals surface area (Å²) < 4.78 is 4.99. The van der Waals surface area contributed by atoms with Crippen LogP contribution in [0.25, 0.3) is 11.4 Å². The van der Waals surface area contributed by atoms with Crippen molar-refractivity contribution >= 4 is 17.4 Å². The first-order valence-electron chi connectivity index (χ1n) is 8.96. The highest BCUT2D eigenvalue weighted by atomic mass is 16.5. The summed E-state index contributed by atoms with van der Waals surface area (Å²) in [5, 5.41) is 6.85. The van der Waals surface area contributed by atoms with Gasteiger partial charge in [-0.2, -0.15) is 4.98 Å². The number of nitrogens with zero attached hydrogens (tertiary/aromatic N) is 4. The Morgan fingerprint density at radius 1 is 1.00 bits per heavy atom. The minimum atomic E-state index is -0.0779. The second-order valence-electron chi connectivity index (χ2n) is 6.45. The molecule has 1 aromatic heterocycles. The number of carbonyl (C=O) groups is 1. The monoisotopic (exact) mass is 363 g/mol. The number of carbonyl (C=O) groups excluding carboxylic acids is 1. The molecule has 1 aliphatic heterocycles. The molecule has 0 atom stereocenters. The van der Waals surface area contributed by atoms with Crippen LogP contribution in [0.15, 0.2) is 59.1 Å². The van der Waals surface area contributed by atoms with Gasteiger partial charge in [0.15, 0.2) is 0 Å². The van der Waals surface area contributed by atoms with Crippen molar-refractivity contribution in [3.8, 4) is 11.4 Å². The molecule has 1 aliphatic rings. The molecule has 27 heavy (non-hydrogen) atoms. The summed E-state index contributed by atoms with van der Waals surface area (Å²) in [6, 6.07) is 17.6. The molecule has 1 N–H and O–H groups in total. The van der Waals surface area contributed by atoms with E-state index in [4.69, 9.17) is 4.52 Å². The maximum atomic E-state index is 12.5. The van der Waals surface area contributed by atoms with Crippen LogP contribution in [0, 0.1) is 6.92 Å². The molecule has 0 unspecified atom stereocenters. The van der Waals surface area contributed by atoms with Gasteiger partial charge in [-0.25, -0.2) is 4.79 Å². The lowest BCUT2D eigenvalue weighted by molar-refractivity contribution is 0.208. The lowest BCUT2D eigenvalue weighted by Crippen LogP contribution is -2.50. The Labute approximate surface area is 157 Å². The highest BCUT2D eigenvalue weighted by Crippen LogP contribution is 2.20. The molecule has 1 saturated heterocycles. The first-order chi connectivity index (χ1) is 13.2. The van der Waals surface area contributed by atoms with Crippen LogP contribution in [-0.2, 0) is 0 Å². The Morgan fingerprint density at radius 3 is 2.33 bits per heavy atom. The Kier molecular flexibility index (Phi) is 4.74. The van der Waals surface area contributed by atoms with Crippen LogP contribution >= 0.6 is 0 Å². The quantitative estimate of drug-likeness (QED) is 0.772. The largest absolute Gasteiger partial charge is 0.368 e. The van der Waals surface area contributed by atoms with Gasteiger partial charge in [0.05, 0.1) is 0 Å². The summed E-state index contributed by atoms with van der Waals surface area (Å²) in [5.41, 5.74) is 2.79. The summed E-state index contributed by atoms with van der Waals surface area (Å²) in [7, 11) is 0. The molecular formula is C20H21N5O2. The number of hydrogen-bond donors (Lipinski definition) is 1. The van der Waals surface area contributed by atoms with E-state index < -0.39 is 0 Å². The normalized spacial score (nSPS) is 14.3. The molecule has 2 heterocycles. The molecule has 3 aromatic rings. The van der Waals surface area contributed by atoms with Crippen molar-refractivity contribution < 1.29 is 9.32 Å². The molecule has 4 rings (SSSR count). The van der Waals surface area contributed by atoms with E-state index in [1.54, 1.807) is 6.92 Å². The number of nitrogens with one attached hydrogen (secondary N) is 1. The number of rotatable bonds is 3. The lowest BCUT2D eigenvalue weighted by atomic mass is 10.2. The minimum Gasteiger partial charge on any atom is -0.368 e. The summed E-state index contributed by atoms with van der Waals surface area (Å²) in [5.74, 6) is 1.07. The number of aryl methyl sites for hydroxylation is 1. The number of piperazine rings is 1. The summed E-state index contributed by atoms with van der Waals surface area (Å²) in [4.78, 5) is 20.9. The van der Waals surface area contributed by atoms with E-state index in [2.05, 4.69) is 32.5 Å². The third kappa shape index (κ3) is 3.92. The fourth-order valence-electron chi connectivity index (χ4n) is 3.13. The average molecular weight is 363 g/mol. The third-order valence-electron chi connectivity index (χ3n) is 4.61. The van der Waals surface area contributed by atoms with Gasteiger partial charge in [-0.3, -0.25) is 0 Å². The zero-order valence-corrected chi connectivity index (χ0v) is 15.1. The first kappa shape index (κ1) is 17.1. The predicted octanol–water partition coefficient (Wildman–Crippen LogP) is 3.40. The van der Waals surface area contributed by atoms with Crippen LogP contribution in [-0.4, -0.2) is 47.3 Å². The van der Waals surface area contributed by atoms with Gasteiger partial charge in [0.1, 0.15) is 0 Å². The molecule has 0 saturated carbocycles. The molecule has 0 bridgehead atoms.